The predicted octanol–water partition coefficient (Wildman–Crippen LogP) is 1.52. The van der Waals surface area contributed by atoms with Crippen LogP contribution in [-0.4, -0.2) is 11.7 Å². The fourth-order valence-corrected chi connectivity index (χ4v) is 1.60. The topological polar surface area (TPSA) is 46.2 Å². The maximum atomic E-state index is 12.7. The summed E-state index contributed by atoms with van der Waals surface area (Å²) in [5.74, 6) is -0.853. The molecule has 0 unspecified atom stereocenters. The largest absolute Gasteiger partial charge is 0.505 e. The summed E-state index contributed by atoms with van der Waals surface area (Å²) < 4.78 is 12.7. The van der Waals surface area contributed by atoms with Gasteiger partial charge in [0.05, 0.1) is 0 Å². The standard InChI is InChI=1S/C10H12FNO/c11-8-2-1-7(5-9(8)13)10(6-12)3-4-10/h1-2,5,13H,3-4,6,12H2. The summed E-state index contributed by atoms with van der Waals surface area (Å²) in [5, 5.41) is 9.17. The van der Waals surface area contributed by atoms with Gasteiger partial charge in [-0.05, 0) is 30.5 Å². The molecule has 2 nitrogen and oxygen atoms in total. The van der Waals surface area contributed by atoms with Crippen LogP contribution in [0.5, 0.6) is 5.75 Å². The summed E-state index contributed by atoms with van der Waals surface area (Å²) in [4.78, 5) is 0. The van der Waals surface area contributed by atoms with Crippen molar-refractivity contribution in [3.63, 3.8) is 0 Å². The van der Waals surface area contributed by atoms with Crippen LogP contribution in [0.1, 0.15) is 18.4 Å². The summed E-state index contributed by atoms with van der Waals surface area (Å²) >= 11 is 0. The van der Waals surface area contributed by atoms with Gasteiger partial charge in [0.2, 0.25) is 0 Å². The first-order chi connectivity index (χ1) is 6.18. The fraction of sp³-hybridized carbons (Fsp3) is 0.400. The van der Waals surface area contributed by atoms with Crippen molar-refractivity contribution in [2.75, 3.05) is 6.54 Å². The second kappa shape index (κ2) is 2.70. The Kier molecular flexibility index (Phi) is 1.77. The number of halogens is 1. The Bertz CT molecular complexity index is 334. The molecule has 0 bridgehead atoms. The van der Waals surface area contributed by atoms with E-state index in [4.69, 9.17) is 5.73 Å². The first kappa shape index (κ1) is 8.51. The zero-order valence-electron chi connectivity index (χ0n) is 7.26. The number of hydrogen-bond acceptors (Lipinski definition) is 2. The number of hydrogen-bond donors (Lipinski definition) is 2. The van der Waals surface area contributed by atoms with Crippen molar-refractivity contribution in [2.45, 2.75) is 18.3 Å². The van der Waals surface area contributed by atoms with Crippen LogP contribution < -0.4 is 5.73 Å². The van der Waals surface area contributed by atoms with Gasteiger partial charge in [0.15, 0.2) is 11.6 Å². The number of rotatable bonds is 2. The molecule has 0 spiro atoms. The van der Waals surface area contributed by atoms with Gasteiger partial charge in [0.1, 0.15) is 0 Å². The molecule has 2 rings (SSSR count). The third-order valence-electron chi connectivity index (χ3n) is 2.80. The molecule has 1 fully saturated rings. The Hall–Kier alpha value is -1.09. The van der Waals surface area contributed by atoms with Crippen molar-refractivity contribution < 1.29 is 9.50 Å². The molecule has 0 radical (unpaired) electrons. The second-order valence-corrected chi connectivity index (χ2v) is 3.65. The van der Waals surface area contributed by atoms with Crippen LogP contribution in [-0.2, 0) is 5.41 Å². The van der Waals surface area contributed by atoms with E-state index < -0.39 is 5.82 Å². The van der Waals surface area contributed by atoms with Crippen LogP contribution in [0.3, 0.4) is 0 Å². The molecule has 0 heterocycles. The molecule has 1 aromatic rings. The van der Waals surface area contributed by atoms with Gasteiger partial charge in [-0.1, -0.05) is 6.07 Å². The molecule has 0 saturated heterocycles. The smallest absolute Gasteiger partial charge is 0.164 e. The quantitative estimate of drug-likeness (QED) is 0.726. The van der Waals surface area contributed by atoms with E-state index in [-0.39, 0.29) is 11.2 Å². The van der Waals surface area contributed by atoms with Gasteiger partial charge in [-0.15, -0.1) is 0 Å². The number of phenols is 1. The monoisotopic (exact) mass is 181 g/mol. The van der Waals surface area contributed by atoms with Crippen LogP contribution in [0.25, 0.3) is 0 Å². The number of benzene rings is 1. The fourth-order valence-electron chi connectivity index (χ4n) is 1.60. The lowest BCUT2D eigenvalue weighted by Crippen LogP contribution is -2.19. The van der Waals surface area contributed by atoms with Gasteiger partial charge in [0, 0.05) is 12.0 Å². The summed E-state index contributed by atoms with van der Waals surface area (Å²) in [6.45, 7) is 0.568. The Labute approximate surface area is 76.2 Å². The zero-order valence-corrected chi connectivity index (χ0v) is 7.26. The predicted molar refractivity (Wildman–Crippen MR) is 48.0 cm³/mol. The van der Waals surface area contributed by atoms with Crippen LogP contribution in [0, 0.1) is 5.82 Å². The van der Waals surface area contributed by atoms with Crippen molar-refractivity contribution in [2.24, 2.45) is 5.73 Å². The molecule has 0 aliphatic heterocycles. The minimum Gasteiger partial charge on any atom is -0.505 e. The van der Waals surface area contributed by atoms with Gasteiger partial charge in [-0.2, -0.15) is 0 Å². The lowest BCUT2D eigenvalue weighted by atomic mass is 9.96. The number of nitrogens with two attached hydrogens (primary N) is 1. The summed E-state index contributed by atoms with van der Waals surface area (Å²) in [5.41, 5.74) is 6.59. The molecule has 70 valence electrons. The molecule has 0 amide bonds. The van der Waals surface area contributed by atoms with Crippen LogP contribution >= 0.6 is 0 Å². The van der Waals surface area contributed by atoms with Gasteiger partial charge < -0.3 is 10.8 Å². The molecular formula is C10H12FNO. The average molecular weight is 181 g/mol. The molecule has 0 atom stereocenters. The molecule has 1 aromatic carbocycles. The lowest BCUT2D eigenvalue weighted by molar-refractivity contribution is 0.430. The van der Waals surface area contributed by atoms with E-state index in [0.29, 0.717) is 6.54 Å². The summed E-state index contributed by atoms with van der Waals surface area (Å²) in [6, 6.07) is 4.48. The van der Waals surface area contributed by atoms with Gasteiger partial charge in [-0.3, -0.25) is 0 Å². The van der Waals surface area contributed by atoms with Crippen molar-refractivity contribution in [3.8, 4) is 5.75 Å². The highest BCUT2D eigenvalue weighted by Crippen LogP contribution is 2.47. The minimum atomic E-state index is -0.573. The van der Waals surface area contributed by atoms with Gasteiger partial charge in [-0.25, -0.2) is 4.39 Å². The molecule has 1 saturated carbocycles. The highest BCUT2D eigenvalue weighted by Gasteiger charge is 2.43. The molecular weight excluding hydrogens is 169 g/mol. The normalized spacial score (nSPS) is 18.6. The molecule has 13 heavy (non-hydrogen) atoms. The zero-order chi connectivity index (χ0) is 9.47. The third-order valence-corrected chi connectivity index (χ3v) is 2.80. The maximum Gasteiger partial charge on any atom is 0.164 e. The lowest BCUT2D eigenvalue weighted by Gasteiger charge is -2.12. The molecule has 1 aliphatic rings. The maximum absolute atomic E-state index is 12.7. The van der Waals surface area contributed by atoms with Crippen molar-refractivity contribution in [1.29, 1.82) is 0 Å². The highest BCUT2D eigenvalue weighted by atomic mass is 19.1. The SMILES string of the molecule is NCC1(c2ccc(F)c(O)c2)CC1. The Morgan fingerprint density at radius 1 is 1.46 bits per heavy atom. The molecule has 3 N–H and O–H groups in total. The minimum absolute atomic E-state index is 0.0190. The second-order valence-electron chi connectivity index (χ2n) is 3.65. The summed E-state index contributed by atoms with van der Waals surface area (Å²) in [7, 11) is 0. The van der Waals surface area contributed by atoms with E-state index in [2.05, 4.69) is 0 Å². The number of aromatic hydroxyl groups is 1. The van der Waals surface area contributed by atoms with E-state index in [1.807, 2.05) is 0 Å². The summed E-state index contributed by atoms with van der Waals surface area (Å²) in [6.07, 6.45) is 2.07. The van der Waals surface area contributed by atoms with Crippen molar-refractivity contribution in [1.82, 2.24) is 0 Å². The van der Waals surface area contributed by atoms with E-state index in [1.54, 1.807) is 6.07 Å². The first-order valence-corrected chi connectivity index (χ1v) is 4.37. The third kappa shape index (κ3) is 1.29. The van der Waals surface area contributed by atoms with Crippen molar-refractivity contribution >= 4 is 0 Å². The van der Waals surface area contributed by atoms with E-state index in [0.717, 1.165) is 18.4 Å². The van der Waals surface area contributed by atoms with E-state index in [9.17, 15) is 9.50 Å². The van der Waals surface area contributed by atoms with Gasteiger partial charge in [0.25, 0.3) is 0 Å². The van der Waals surface area contributed by atoms with Crippen LogP contribution in [0.15, 0.2) is 18.2 Å². The van der Waals surface area contributed by atoms with E-state index in [1.165, 1.54) is 12.1 Å². The Morgan fingerprint density at radius 3 is 2.62 bits per heavy atom. The highest BCUT2D eigenvalue weighted by molar-refractivity contribution is 5.38. The number of phenolic OH excluding ortho intramolecular Hbond substituents is 1. The van der Waals surface area contributed by atoms with E-state index >= 15 is 0 Å². The first-order valence-electron chi connectivity index (χ1n) is 4.37. The van der Waals surface area contributed by atoms with Crippen molar-refractivity contribution in [3.05, 3.63) is 29.6 Å². The van der Waals surface area contributed by atoms with Gasteiger partial charge >= 0.3 is 0 Å². The average Bonchev–Trinajstić information content (AvgIpc) is 2.90. The van der Waals surface area contributed by atoms with Crippen LogP contribution in [0.2, 0.25) is 0 Å². The van der Waals surface area contributed by atoms with Crippen LogP contribution in [0.4, 0.5) is 4.39 Å². The molecule has 0 aromatic heterocycles. The Morgan fingerprint density at radius 2 is 2.15 bits per heavy atom. The molecule has 3 heteroatoms. The Balaban J connectivity index is 2.37. The molecule has 1 aliphatic carbocycles.